The van der Waals surface area contributed by atoms with Crippen molar-refractivity contribution in [3.63, 3.8) is 0 Å². The minimum absolute atomic E-state index is 0.0279. The van der Waals surface area contributed by atoms with E-state index >= 15 is 0 Å². The molecule has 0 aliphatic carbocycles. The zero-order valence-electron chi connectivity index (χ0n) is 13.3. The summed E-state index contributed by atoms with van der Waals surface area (Å²) in [5.41, 5.74) is 0.537. The Kier molecular flexibility index (Phi) is 4.70. The highest BCUT2D eigenvalue weighted by Crippen LogP contribution is 2.21. The van der Waals surface area contributed by atoms with Crippen LogP contribution in [0.1, 0.15) is 39.2 Å². The SMILES string of the molecule is Cc1cccnc1OC1CCCN(C(=O)OC(C)(C)C)C1. The van der Waals surface area contributed by atoms with Crippen LogP contribution in [-0.4, -0.2) is 40.8 Å². The van der Waals surface area contributed by atoms with E-state index in [1.165, 1.54) is 0 Å². The van der Waals surface area contributed by atoms with Crippen LogP contribution in [-0.2, 0) is 4.74 Å². The van der Waals surface area contributed by atoms with Gasteiger partial charge in [-0.05, 0) is 46.6 Å². The molecule has 5 heteroatoms. The molecule has 0 saturated carbocycles. The van der Waals surface area contributed by atoms with Crippen molar-refractivity contribution in [3.05, 3.63) is 23.9 Å². The Morgan fingerprint density at radius 3 is 2.86 bits per heavy atom. The minimum Gasteiger partial charge on any atom is -0.472 e. The van der Waals surface area contributed by atoms with Gasteiger partial charge in [0.1, 0.15) is 11.7 Å². The summed E-state index contributed by atoms with van der Waals surface area (Å²) in [6.07, 6.45) is 3.26. The Bertz CT molecular complexity index is 497. The average Bonchev–Trinajstić information content (AvgIpc) is 2.40. The second kappa shape index (κ2) is 6.33. The quantitative estimate of drug-likeness (QED) is 0.840. The van der Waals surface area contributed by atoms with Gasteiger partial charge in [0.05, 0.1) is 6.54 Å². The van der Waals surface area contributed by atoms with Crippen molar-refractivity contribution in [2.24, 2.45) is 0 Å². The third-order valence-electron chi connectivity index (χ3n) is 3.27. The Morgan fingerprint density at radius 2 is 2.19 bits per heavy atom. The van der Waals surface area contributed by atoms with E-state index in [2.05, 4.69) is 4.98 Å². The summed E-state index contributed by atoms with van der Waals surface area (Å²) >= 11 is 0. The molecule has 1 aliphatic heterocycles. The molecule has 5 nitrogen and oxygen atoms in total. The summed E-state index contributed by atoms with van der Waals surface area (Å²) in [5.74, 6) is 0.647. The first-order chi connectivity index (χ1) is 9.85. The van der Waals surface area contributed by atoms with Crippen LogP contribution in [0.15, 0.2) is 18.3 Å². The minimum atomic E-state index is -0.470. The summed E-state index contributed by atoms with van der Waals surface area (Å²) < 4.78 is 11.4. The highest BCUT2D eigenvalue weighted by molar-refractivity contribution is 5.68. The molecular weight excluding hydrogens is 268 g/mol. The second-order valence-corrected chi connectivity index (χ2v) is 6.43. The van der Waals surface area contributed by atoms with E-state index in [0.29, 0.717) is 12.4 Å². The first-order valence-corrected chi connectivity index (χ1v) is 7.41. The number of hydrogen-bond acceptors (Lipinski definition) is 4. The summed E-state index contributed by atoms with van der Waals surface area (Å²) in [6, 6.07) is 3.85. The van der Waals surface area contributed by atoms with Crippen LogP contribution in [0.5, 0.6) is 5.88 Å². The molecule has 0 N–H and O–H groups in total. The third kappa shape index (κ3) is 4.62. The van der Waals surface area contributed by atoms with Crippen LogP contribution in [0.3, 0.4) is 0 Å². The molecule has 0 spiro atoms. The monoisotopic (exact) mass is 292 g/mol. The van der Waals surface area contributed by atoms with E-state index in [0.717, 1.165) is 24.9 Å². The molecule has 2 rings (SSSR count). The van der Waals surface area contributed by atoms with E-state index in [1.54, 1.807) is 11.1 Å². The van der Waals surface area contributed by atoms with E-state index in [4.69, 9.17) is 9.47 Å². The van der Waals surface area contributed by atoms with Crippen LogP contribution < -0.4 is 4.74 Å². The van der Waals surface area contributed by atoms with Crippen molar-refractivity contribution >= 4 is 6.09 Å². The molecule has 0 radical (unpaired) electrons. The van der Waals surface area contributed by atoms with Gasteiger partial charge in [-0.3, -0.25) is 0 Å². The Hall–Kier alpha value is -1.78. The topological polar surface area (TPSA) is 51.7 Å². The molecule has 0 aromatic carbocycles. The molecule has 21 heavy (non-hydrogen) atoms. The Morgan fingerprint density at radius 1 is 1.43 bits per heavy atom. The molecular formula is C16H24N2O3. The summed E-state index contributed by atoms with van der Waals surface area (Å²) in [6.45, 7) is 8.86. The Labute approximate surface area is 126 Å². The number of pyridine rings is 1. The molecule has 1 fully saturated rings. The number of amides is 1. The van der Waals surface area contributed by atoms with Crippen molar-refractivity contribution in [2.45, 2.75) is 52.2 Å². The Balaban J connectivity index is 1.95. The number of ether oxygens (including phenoxy) is 2. The van der Waals surface area contributed by atoms with Crippen LogP contribution in [0, 0.1) is 6.92 Å². The molecule has 1 amide bonds. The number of aryl methyl sites for hydroxylation is 1. The van der Waals surface area contributed by atoms with Crippen LogP contribution in [0.4, 0.5) is 4.79 Å². The third-order valence-corrected chi connectivity index (χ3v) is 3.27. The molecule has 1 saturated heterocycles. The van der Waals surface area contributed by atoms with Crippen LogP contribution in [0.2, 0.25) is 0 Å². The first-order valence-electron chi connectivity index (χ1n) is 7.41. The normalized spacial score (nSPS) is 19.2. The van der Waals surface area contributed by atoms with Crippen molar-refractivity contribution in [1.29, 1.82) is 0 Å². The van der Waals surface area contributed by atoms with Crippen molar-refractivity contribution in [3.8, 4) is 5.88 Å². The van der Waals surface area contributed by atoms with E-state index < -0.39 is 5.60 Å². The average molecular weight is 292 g/mol. The van der Waals surface area contributed by atoms with Gasteiger partial charge < -0.3 is 14.4 Å². The van der Waals surface area contributed by atoms with E-state index in [9.17, 15) is 4.79 Å². The van der Waals surface area contributed by atoms with E-state index in [-0.39, 0.29) is 12.2 Å². The fourth-order valence-corrected chi connectivity index (χ4v) is 2.28. The maximum atomic E-state index is 12.1. The van der Waals surface area contributed by atoms with Gasteiger partial charge >= 0.3 is 6.09 Å². The lowest BCUT2D eigenvalue weighted by Gasteiger charge is -2.34. The van der Waals surface area contributed by atoms with Crippen LogP contribution in [0.25, 0.3) is 0 Å². The number of rotatable bonds is 2. The number of hydrogen-bond donors (Lipinski definition) is 0. The van der Waals surface area contributed by atoms with Gasteiger partial charge in [0.15, 0.2) is 0 Å². The lowest BCUT2D eigenvalue weighted by molar-refractivity contribution is 0.00715. The maximum absolute atomic E-state index is 12.1. The maximum Gasteiger partial charge on any atom is 0.410 e. The molecule has 2 heterocycles. The van der Waals surface area contributed by atoms with Gasteiger partial charge in [-0.15, -0.1) is 0 Å². The highest BCUT2D eigenvalue weighted by Gasteiger charge is 2.28. The van der Waals surface area contributed by atoms with Gasteiger partial charge in [0, 0.05) is 18.3 Å². The molecule has 1 aromatic heterocycles. The number of carbonyl (C=O) groups excluding carboxylic acids is 1. The van der Waals surface area contributed by atoms with Crippen molar-refractivity contribution in [2.75, 3.05) is 13.1 Å². The summed E-state index contributed by atoms with van der Waals surface area (Å²) in [5, 5.41) is 0. The highest BCUT2D eigenvalue weighted by atomic mass is 16.6. The van der Waals surface area contributed by atoms with Gasteiger partial charge in [-0.1, -0.05) is 6.07 Å². The predicted octanol–water partition coefficient (Wildman–Crippen LogP) is 3.17. The number of carbonyl (C=O) groups is 1. The van der Waals surface area contributed by atoms with Crippen molar-refractivity contribution in [1.82, 2.24) is 9.88 Å². The molecule has 116 valence electrons. The van der Waals surface area contributed by atoms with E-state index in [1.807, 2.05) is 39.8 Å². The molecule has 1 aliphatic rings. The number of nitrogens with zero attached hydrogens (tertiary/aromatic N) is 2. The number of aromatic nitrogens is 1. The number of likely N-dealkylation sites (tertiary alicyclic amines) is 1. The summed E-state index contributed by atoms with van der Waals surface area (Å²) in [4.78, 5) is 18.1. The fraction of sp³-hybridized carbons (Fsp3) is 0.625. The van der Waals surface area contributed by atoms with Gasteiger partial charge in [-0.25, -0.2) is 9.78 Å². The lowest BCUT2D eigenvalue weighted by Crippen LogP contribution is -2.46. The zero-order valence-corrected chi connectivity index (χ0v) is 13.3. The number of piperidine rings is 1. The van der Waals surface area contributed by atoms with Crippen LogP contribution >= 0.6 is 0 Å². The summed E-state index contributed by atoms with van der Waals surface area (Å²) in [7, 11) is 0. The van der Waals surface area contributed by atoms with Gasteiger partial charge in [0.25, 0.3) is 0 Å². The molecule has 1 atom stereocenters. The molecule has 1 aromatic rings. The first kappa shape index (κ1) is 15.6. The van der Waals surface area contributed by atoms with Gasteiger partial charge in [0.2, 0.25) is 5.88 Å². The largest absolute Gasteiger partial charge is 0.472 e. The lowest BCUT2D eigenvalue weighted by atomic mass is 10.1. The van der Waals surface area contributed by atoms with Crippen molar-refractivity contribution < 1.29 is 14.3 Å². The zero-order chi connectivity index (χ0) is 15.5. The van der Waals surface area contributed by atoms with Gasteiger partial charge in [-0.2, -0.15) is 0 Å². The second-order valence-electron chi connectivity index (χ2n) is 6.43. The molecule has 1 unspecified atom stereocenters. The predicted molar refractivity (Wildman–Crippen MR) is 80.4 cm³/mol. The standard InChI is InChI=1S/C16H24N2O3/c1-12-7-5-9-17-14(12)20-13-8-6-10-18(11-13)15(19)21-16(2,3)4/h5,7,9,13H,6,8,10-11H2,1-4H3. The smallest absolute Gasteiger partial charge is 0.410 e. The molecule has 0 bridgehead atoms. The fourth-order valence-electron chi connectivity index (χ4n) is 2.28.